The van der Waals surface area contributed by atoms with Crippen LogP contribution in [0.4, 0.5) is 0 Å². The number of aliphatic hydroxyl groups is 1. The van der Waals surface area contributed by atoms with Crippen LogP contribution >= 0.6 is 7.82 Å². The molecule has 0 aliphatic carbocycles. The number of carbonyl (C=O) groups is 2. The summed E-state index contributed by atoms with van der Waals surface area (Å²) in [6, 6.07) is 0. The van der Waals surface area contributed by atoms with Crippen molar-refractivity contribution in [2.75, 3.05) is 47.5 Å². The van der Waals surface area contributed by atoms with Crippen molar-refractivity contribution >= 4 is 19.8 Å². The van der Waals surface area contributed by atoms with E-state index in [2.05, 4.69) is 62.5 Å². The van der Waals surface area contributed by atoms with E-state index < -0.39 is 38.6 Å². The number of allylic oxidation sites excluding steroid dienone is 11. The second-order valence-corrected chi connectivity index (χ2v) is 17.0. The second-order valence-electron chi connectivity index (χ2n) is 15.5. The molecule has 328 valence electrons. The molecule has 0 saturated carbocycles. The predicted octanol–water partition coefficient (Wildman–Crippen LogP) is 11.2. The van der Waals surface area contributed by atoms with Crippen molar-refractivity contribution in [2.24, 2.45) is 0 Å². The van der Waals surface area contributed by atoms with Crippen LogP contribution in [0.3, 0.4) is 0 Å². The number of quaternary nitrogens is 1. The standard InChI is InChI=1S/C46H80NO9P/c1-6-8-10-12-14-16-18-20-21-23-25-27-29-31-33-37-46(50)56-44(42-55-57(51,52)54-40-39-47(3,4)5)41-53-45(49)38-34-36-43(48)35-32-30-28-26-24-22-19-17-15-13-11-9-7-2/h9,11,15-18,22,24,28,30,32,35,43-44,48H,6-8,10,12-14,19-21,23,25-27,29,31,33-34,36-42H2,1-5H3/p+1/b11-9-,17-15-,18-16-,24-22-,30-28-,35-32+/t43?,44-/m1/s1. The highest BCUT2D eigenvalue weighted by Crippen LogP contribution is 2.43. The summed E-state index contributed by atoms with van der Waals surface area (Å²) in [5.41, 5.74) is 0. The zero-order valence-corrected chi connectivity index (χ0v) is 37.3. The van der Waals surface area contributed by atoms with E-state index in [1.54, 1.807) is 12.2 Å². The molecule has 2 N–H and O–H groups in total. The Labute approximate surface area is 347 Å². The van der Waals surface area contributed by atoms with Crippen molar-refractivity contribution in [1.82, 2.24) is 0 Å². The Morgan fingerprint density at radius 3 is 1.82 bits per heavy atom. The molecule has 11 heteroatoms. The quantitative estimate of drug-likeness (QED) is 0.0156. The zero-order valence-electron chi connectivity index (χ0n) is 36.4. The third-order valence-electron chi connectivity index (χ3n) is 8.82. The highest BCUT2D eigenvalue weighted by atomic mass is 31.2. The third-order valence-corrected chi connectivity index (χ3v) is 9.81. The summed E-state index contributed by atoms with van der Waals surface area (Å²) >= 11 is 0. The summed E-state index contributed by atoms with van der Waals surface area (Å²) in [6.07, 6.45) is 42.7. The van der Waals surface area contributed by atoms with Gasteiger partial charge in [0.1, 0.15) is 19.8 Å². The first-order chi connectivity index (χ1) is 27.4. The van der Waals surface area contributed by atoms with Gasteiger partial charge in [0.25, 0.3) is 0 Å². The van der Waals surface area contributed by atoms with Crippen LogP contribution in [0.15, 0.2) is 72.9 Å². The molecule has 0 heterocycles. The fourth-order valence-corrected chi connectivity index (χ4v) is 6.13. The predicted molar refractivity (Wildman–Crippen MR) is 235 cm³/mol. The van der Waals surface area contributed by atoms with E-state index in [1.165, 1.54) is 51.4 Å². The van der Waals surface area contributed by atoms with Crippen LogP contribution in [-0.2, 0) is 32.7 Å². The first-order valence-corrected chi connectivity index (χ1v) is 23.3. The van der Waals surface area contributed by atoms with Gasteiger partial charge in [0, 0.05) is 12.8 Å². The van der Waals surface area contributed by atoms with Gasteiger partial charge in [0.15, 0.2) is 6.10 Å². The highest BCUT2D eigenvalue weighted by Gasteiger charge is 2.27. The Bertz CT molecular complexity index is 1220. The number of unbranched alkanes of at least 4 members (excludes halogenated alkanes) is 11. The van der Waals surface area contributed by atoms with Gasteiger partial charge in [-0.05, 0) is 70.6 Å². The first-order valence-electron chi connectivity index (χ1n) is 21.8. The number of likely N-dealkylation sites (N-methyl/N-ethyl adjacent to an activating group) is 1. The molecule has 0 aromatic heterocycles. The fourth-order valence-electron chi connectivity index (χ4n) is 5.39. The smallest absolute Gasteiger partial charge is 0.462 e. The van der Waals surface area contributed by atoms with Crippen LogP contribution in [0.2, 0.25) is 0 Å². The van der Waals surface area contributed by atoms with Crippen molar-refractivity contribution in [3.63, 3.8) is 0 Å². The number of phosphoric acid groups is 1. The van der Waals surface area contributed by atoms with Crippen LogP contribution in [0, 0.1) is 0 Å². The van der Waals surface area contributed by atoms with Crippen LogP contribution in [0.5, 0.6) is 0 Å². The van der Waals surface area contributed by atoms with Crippen LogP contribution in [0.25, 0.3) is 0 Å². The molecular formula is C46H81NO9P+. The molecule has 0 amide bonds. The number of rotatable bonds is 38. The fraction of sp³-hybridized carbons (Fsp3) is 0.696. The van der Waals surface area contributed by atoms with Gasteiger partial charge in [-0.1, -0.05) is 138 Å². The molecular weight excluding hydrogens is 741 g/mol. The summed E-state index contributed by atoms with van der Waals surface area (Å²) in [6.45, 7) is 4.04. The Morgan fingerprint density at radius 2 is 1.21 bits per heavy atom. The van der Waals surface area contributed by atoms with Crippen molar-refractivity contribution < 1.29 is 47.2 Å². The number of esters is 2. The Hall–Kier alpha value is -2.59. The number of hydrogen-bond donors (Lipinski definition) is 2. The van der Waals surface area contributed by atoms with Crippen molar-refractivity contribution in [1.29, 1.82) is 0 Å². The molecule has 3 atom stereocenters. The van der Waals surface area contributed by atoms with E-state index in [1.807, 2.05) is 33.3 Å². The van der Waals surface area contributed by atoms with Crippen LogP contribution in [-0.4, -0.2) is 86.1 Å². The monoisotopic (exact) mass is 823 g/mol. The lowest BCUT2D eigenvalue weighted by molar-refractivity contribution is -0.870. The topological polar surface area (TPSA) is 129 Å². The summed E-state index contributed by atoms with van der Waals surface area (Å²) < 4.78 is 34.1. The first kappa shape index (κ1) is 54.4. The Balaban J connectivity index is 4.58. The van der Waals surface area contributed by atoms with Gasteiger partial charge in [0.05, 0.1) is 33.9 Å². The number of nitrogens with zero attached hydrogens (tertiary/aromatic N) is 1. The Morgan fingerprint density at radius 1 is 0.649 bits per heavy atom. The van der Waals surface area contributed by atoms with Gasteiger partial charge < -0.3 is 24.0 Å². The van der Waals surface area contributed by atoms with Gasteiger partial charge in [0.2, 0.25) is 0 Å². The van der Waals surface area contributed by atoms with E-state index in [0.29, 0.717) is 30.3 Å². The molecule has 0 aromatic rings. The van der Waals surface area contributed by atoms with E-state index in [4.69, 9.17) is 18.5 Å². The summed E-state index contributed by atoms with van der Waals surface area (Å²) in [7, 11) is 1.36. The molecule has 0 aliphatic rings. The lowest BCUT2D eigenvalue weighted by atomic mass is 10.1. The van der Waals surface area contributed by atoms with Crippen LogP contribution in [0.1, 0.15) is 149 Å². The van der Waals surface area contributed by atoms with Crippen LogP contribution < -0.4 is 0 Å². The number of carbonyl (C=O) groups excluding carboxylic acids is 2. The lowest BCUT2D eigenvalue weighted by Gasteiger charge is -2.24. The molecule has 57 heavy (non-hydrogen) atoms. The number of hydrogen-bond acceptors (Lipinski definition) is 8. The van der Waals surface area contributed by atoms with E-state index in [0.717, 1.165) is 51.4 Å². The van der Waals surface area contributed by atoms with Crippen molar-refractivity contribution in [2.45, 2.75) is 161 Å². The number of phosphoric ester groups is 1. The molecule has 0 aliphatic heterocycles. The summed E-state index contributed by atoms with van der Waals surface area (Å²) in [5.74, 6) is -1.01. The molecule has 0 aromatic carbocycles. The van der Waals surface area contributed by atoms with E-state index in [9.17, 15) is 24.2 Å². The lowest BCUT2D eigenvalue weighted by Crippen LogP contribution is -2.37. The van der Waals surface area contributed by atoms with Gasteiger partial charge >= 0.3 is 19.8 Å². The summed E-state index contributed by atoms with van der Waals surface area (Å²) in [5, 5.41) is 10.3. The molecule has 0 rings (SSSR count). The second kappa shape index (κ2) is 37.7. The zero-order chi connectivity index (χ0) is 42.3. The SMILES string of the molecule is CC/C=C\C/C=C\C/C=C\C/C=C\C=C\C(O)CCCC(=O)OC[C@H](COP(=O)(O)OCC[N+](C)(C)C)OC(=O)CCCCCCCCC/C=C\CCCCCC. The van der Waals surface area contributed by atoms with E-state index in [-0.39, 0.29) is 26.1 Å². The Kier molecular flexibility index (Phi) is 36.0. The third kappa shape index (κ3) is 41.4. The largest absolute Gasteiger partial charge is 0.472 e. The maximum Gasteiger partial charge on any atom is 0.472 e. The average molecular weight is 823 g/mol. The highest BCUT2D eigenvalue weighted by molar-refractivity contribution is 7.47. The molecule has 0 spiro atoms. The minimum absolute atomic E-state index is 0.00254. The van der Waals surface area contributed by atoms with Crippen molar-refractivity contribution in [3.8, 4) is 0 Å². The molecule has 0 radical (unpaired) electrons. The maximum absolute atomic E-state index is 12.7. The van der Waals surface area contributed by atoms with Gasteiger partial charge in [-0.2, -0.15) is 0 Å². The average Bonchev–Trinajstić information content (AvgIpc) is 3.15. The minimum Gasteiger partial charge on any atom is -0.462 e. The van der Waals surface area contributed by atoms with E-state index >= 15 is 0 Å². The number of aliphatic hydroxyl groups excluding tert-OH is 1. The number of ether oxygens (including phenoxy) is 2. The molecule has 2 unspecified atom stereocenters. The summed E-state index contributed by atoms with van der Waals surface area (Å²) in [4.78, 5) is 35.4. The molecule has 10 nitrogen and oxygen atoms in total. The molecule has 0 bridgehead atoms. The molecule has 0 saturated heterocycles. The normalized spacial score (nSPS) is 14.9. The van der Waals surface area contributed by atoms with Gasteiger partial charge in [-0.25, -0.2) is 4.57 Å². The van der Waals surface area contributed by atoms with Crippen molar-refractivity contribution in [3.05, 3.63) is 72.9 Å². The maximum atomic E-state index is 12.7. The minimum atomic E-state index is -4.42. The molecule has 0 fully saturated rings. The van der Waals surface area contributed by atoms with Gasteiger partial charge in [-0.3, -0.25) is 18.6 Å². The van der Waals surface area contributed by atoms with Gasteiger partial charge in [-0.15, -0.1) is 0 Å².